The number of aromatic hydroxyl groups is 1. The Balaban J connectivity index is 2.74. The molecule has 1 rings (SSSR count). The molecule has 0 atom stereocenters. The summed E-state index contributed by atoms with van der Waals surface area (Å²) in [5.74, 6) is 0.0507. The fraction of sp³-hybridized carbons (Fsp3) is 0.667. The number of unbranched alkanes of at least 4 members (excludes halogenated alkanes) is 8. The lowest BCUT2D eigenvalue weighted by molar-refractivity contribution is 0.142. The summed E-state index contributed by atoms with van der Waals surface area (Å²) in [7, 11) is 0. The fourth-order valence-electron chi connectivity index (χ4n) is 3.17. The van der Waals surface area contributed by atoms with Gasteiger partial charge in [-0.1, -0.05) is 71.3 Å². The molecule has 0 bridgehead atoms. The minimum atomic E-state index is -1.39. The van der Waals surface area contributed by atoms with Crippen LogP contribution in [0.5, 0.6) is 11.5 Å². The lowest BCUT2D eigenvalue weighted by atomic mass is 9.95. The molecule has 4 heteroatoms. The normalized spacial score (nSPS) is 10.8. The van der Waals surface area contributed by atoms with Crippen molar-refractivity contribution >= 4 is 6.16 Å². The van der Waals surface area contributed by atoms with E-state index in [2.05, 4.69) is 13.8 Å². The topological polar surface area (TPSA) is 66.8 Å². The number of benzene rings is 1. The van der Waals surface area contributed by atoms with Crippen LogP contribution >= 0.6 is 0 Å². The van der Waals surface area contributed by atoms with Gasteiger partial charge in [-0.15, -0.1) is 0 Å². The van der Waals surface area contributed by atoms with Crippen molar-refractivity contribution in [1.82, 2.24) is 0 Å². The highest BCUT2D eigenvalue weighted by Crippen LogP contribution is 2.34. The van der Waals surface area contributed by atoms with Crippen LogP contribution in [-0.2, 0) is 12.8 Å². The van der Waals surface area contributed by atoms with Crippen LogP contribution in [0, 0.1) is 0 Å². The number of hydrogen-bond acceptors (Lipinski definition) is 3. The zero-order valence-corrected chi connectivity index (χ0v) is 15.9. The van der Waals surface area contributed by atoms with Crippen LogP contribution in [-0.4, -0.2) is 16.4 Å². The molecular weight excluding hydrogens is 316 g/mol. The first-order valence-electron chi connectivity index (χ1n) is 9.84. The molecule has 0 fully saturated rings. The van der Waals surface area contributed by atoms with Gasteiger partial charge in [0.25, 0.3) is 0 Å². The molecule has 0 saturated carbocycles. The Morgan fingerprint density at radius 1 is 0.880 bits per heavy atom. The SMILES string of the molecule is CCCCCCCc1ccc(OC(=O)O)c(O)c1CCCCCCC. The summed E-state index contributed by atoms with van der Waals surface area (Å²) in [6, 6.07) is 3.49. The van der Waals surface area contributed by atoms with Crippen LogP contribution in [0.3, 0.4) is 0 Å². The van der Waals surface area contributed by atoms with Crippen LogP contribution in [0.2, 0.25) is 0 Å². The minimum Gasteiger partial charge on any atom is -0.504 e. The van der Waals surface area contributed by atoms with E-state index in [0.29, 0.717) is 0 Å². The van der Waals surface area contributed by atoms with Crippen LogP contribution in [0.4, 0.5) is 4.79 Å². The molecule has 0 saturated heterocycles. The predicted molar refractivity (Wildman–Crippen MR) is 102 cm³/mol. The van der Waals surface area contributed by atoms with Gasteiger partial charge in [0.2, 0.25) is 0 Å². The van der Waals surface area contributed by atoms with Crippen LogP contribution in [0.15, 0.2) is 12.1 Å². The number of carboxylic acid groups (broad SMARTS) is 1. The summed E-state index contributed by atoms with van der Waals surface area (Å²) in [5, 5.41) is 19.3. The van der Waals surface area contributed by atoms with Gasteiger partial charge in [-0.05, 0) is 37.3 Å². The van der Waals surface area contributed by atoms with Gasteiger partial charge < -0.3 is 14.9 Å². The van der Waals surface area contributed by atoms with E-state index in [1.54, 1.807) is 6.07 Å². The molecule has 2 N–H and O–H groups in total. The third-order valence-electron chi connectivity index (χ3n) is 4.62. The first-order chi connectivity index (χ1) is 12.1. The number of carbonyl (C=O) groups is 1. The van der Waals surface area contributed by atoms with Crippen molar-refractivity contribution in [2.24, 2.45) is 0 Å². The molecule has 0 aliphatic rings. The number of phenolic OH excluding ortho intramolecular Hbond substituents is 1. The molecular formula is C21H34O4. The Kier molecular flexibility index (Phi) is 10.8. The number of aryl methyl sites for hydroxylation is 1. The van der Waals surface area contributed by atoms with Gasteiger partial charge in [-0.3, -0.25) is 0 Å². The molecule has 1 aromatic rings. The Labute approximate surface area is 152 Å². The summed E-state index contributed by atoms with van der Waals surface area (Å²) in [5.41, 5.74) is 1.99. The standard InChI is InChI=1S/C21H34O4/c1-3-5-7-9-11-13-17-15-16-19(25-21(23)24)20(22)18(17)14-12-10-8-6-4-2/h15-16,22H,3-14H2,1-2H3,(H,23,24). The van der Waals surface area contributed by atoms with E-state index in [-0.39, 0.29) is 11.5 Å². The van der Waals surface area contributed by atoms with E-state index in [0.717, 1.165) is 43.2 Å². The lowest BCUT2D eigenvalue weighted by Gasteiger charge is -2.14. The first-order valence-corrected chi connectivity index (χ1v) is 9.84. The van der Waals surface area contributed by atoms with E-state index in [1.165, 1.54) is 44.9 Å². The summed E-state index contributed by atoms with van der Waals surface area (Å²) in [4.78, 5) is 10.8. The van der Waals surface area contributed by atoms with Gasteiger partial charge in [-0.2, -0.15) is 0 Å². The van der Waals surface area contributed by atoms with Crippen molar-refractivity contribution in [1.29, 1.82) is 0 Å². The van der Waals surface area contributed by atoms with E-state index in [9.17, 15) is 9.90 Å². The molecule has 25 heavy (non-hydrogen) atoms. The first kappa shape index (κ1) is 21.3. The van der Waals surface area contributed by atoms with Gasteiger partial charge in [0.05, 0.1) is 0 Å². The summed E-state index contributed by atoms with van der Waals surface area (Å²) >= 11 is 0. The number of hydrogen-bond donors (Lipinski definition) is 2. The average molecular weight is 350 g/mol. The molecule has 0 unspecified atom stereocenters. The van der Waals surface area contributed by atoms with Crippen LogP contribution < -0.4 is 4.74 Å². The third-order valence-corrected chi connectivity index (χ3v) is 4.62. The van der Waals surface area contributed by atoms with Gasteiger partial charge in [0.1, 0.15) is 0 Å². The minimum absolute atomic E-state index is 0.00366. The van der Waals surface area contributed by atoms with Gasteiger partial charge >= 0.3 is 6.16 Å². The van der Waals surface area contributed by atoms with E-state index >= 15 is 0 Å². The summed E-state index contributed by atoms with van der Waals surface area (Å²) in [6.07, 6.45) is 12.1. The smallest absolute Gasteiger partial charge is 0.504 e. The molecule has 0 aliphatic heterocycles. The molecule has 0 aromatic heterocycles. The predicted octanol–water partition coefficient (Wildman–Crippen LogP) is 6.47. The highest BCUT2D eigenvalue weighted by atomic mass is 16.7. The van der Waals surface area contributed by atoms with Crippen LogP contribution in [0.25, 0.3) is 0 Å². The maximum atomic E-state index is 10.8. The lowest BCUT2D eigenvalue weighted by Crippen LogP contribution is -2.05. The zero-order chi connectivity index (χ0) is 18.5. The fourth-order valence-corrected chi connectivity index (χ4v) is 3.17. The molecule has 4 nitrogen and oxygen atoms in total. The van der Waals surface area contributed by atoms with E-state index < -0.39 is 6.16 Å². The second-order valence-electron chi connectivity index (χ2n) is 6.75. The average Bonchev–Trinajstić information content (AvgIpc) is 2.58. The maximum Gasteiger partial charge on any atom is 0.511 e. The maximum absolute atomic E-state index is 10.8. The van der Waals surface area contributed by atoms with Crippen LogP contribution in [0.1, 0.15) is 89.2 Å². The molecule has 0 amide bonds. The summed E-state index contributed by atoms with van der Waals surface area (Å²) in [6.45, 7) is 4.39. The van der Waals surface area contributed by atoms with Crippen molar-refractivity contribution in [2.45, 2.75) is 90.9 Å². The second-order valence-corrected chi connectivity index (χ2v) is 6.75. The highest BCUT2D eigenvalue weighted by Gasteiger charge is 2.15. The Bertz CT molecular complexity index is 511. The quantitative estimate of drug-likeness (QED) is 0.243. The van der Waals surface area contributed by atoms with Gasteiger partial charge in [-0.25, -0.2) is 4.79 Å². The molecule has 0 heterocycles. The third kappa shape index (κ3) is 8.28. The molecule has 0 spiro atoms. The molecule has 1 aromatic carbocycles. The van der Waals surface area contributed by atoms with E-state index in [4.69, 9.17) is 9.84 Å². The highest BCUT2D eigenvalue weighted by molar-refractivity contribution is 5.64. The monoisotopic (exact) mass is 350 g/mol. The van der Waals surface area contributed by atoms with E-state index in [1.807, 2.05) is 6.07 Å². The van der Waals surface area contributed by atoms with Crippen molar-refractivity contribution in [3.63, 3.8) is 0 Å². The Morgan fingerprint density at radius 2 is 1.44 bits per heavy atom. The Morgan fingerprint density at radius 3 is 2.00 bits per heavy atom. The molecule has 142 valence electrons. The molecule has 0 radical (unpaired) electrons. The van der Waals surface area contributed by atoms with Crippen molar-refractivity contribution < 1.29 is 19.7 Å². The zero-order valence-electron chi connectivity index (χ0n) is 15.9. The Hall–Kier alpha value is -1.71. The number of ether oxygens (including phenoxy) is 1. The number of rotatable bonds is 13. The number of phenols is 1. The van der Waals surface area contributed by atoms with Crippen molar-refractivity contribution in [3.8, 4) is 11.5 Å². The van der Waals surface area contributed by atoms with Gasteiger partial charge in [0, 0.05) is 5.56 Å². The van der Waals surface area contributed by atoms with Crippen molar-refractivity contribution in [3.05, 3.63) is 23.3 Å². The van der Waals surface area contributed by atoms with Crippen molar-refractivity contribution in [2.75, 3.05) is 0 Å². The summed E-state index contributed by atoms with van der Waals surface area (Å²) < 4.78 is 4.71. The largest absolute Gasteiger partial charge is 0.511 e. The second kappa shape index (κ2) is 12.6. The molecule has 0 aliphatic carbocycles. The van der Waals surface area contributed by atoms with Gasteiger partial charge in [0.15, 0.2) is 11.5 Å².